The average Bonchev–Trinajstić information content (AvgIpc) is 3.05. The van der Waals surface area contributed by atoms with Crippen molar-refractivity contribution in [2.24, 2.45) is 12.0 Å². The number of benzene rings is 1. The Labute approximate surface area is 165 Å². The van der Waals surface area contributed by atoms with E-state index >= 15 is 0 Å². The number of aliphatic imine (C=N–C) groups is 1. The van der Waals surface area contributed by atoms with Gasteiger partial charge in [-0.2, -0.15) is 5.10 Å². The molecular weight excluding hydrogens is 352 g/mol. The summed E-state index contributed by atoms with van der Waals surface area (Å²) < 4.78 is 1.74. The molecule has 2 aromatic heterocycles. The van der Waals surface area contributed by atoms with Crippen LogP contribution in [-0.2, 0) is 13.5 Å². The standard InChI is InChI=1S/C20H28N8/c1-14-9-15(2)11-16(10-14)5-6-23-20(21-3)24-8-7-22-18-17-12-27-28(4)19(17)26-13-25-18/h9-13H,5-8H2,1-4H3,(H2,21,23,24)(H,22,25,26). The molecule has 0 amide bonds. The lowest BCUT2D eigenvalue weighted by Gasteiger charge is -2.13. The molecule has 0 aliphatic rings. The van der Waals surface area contributed by atoms with Crippen LogP contribution in [0.3, 0.4) is 0 Å². The van der Waals surface area contributed by atoms with E-state index in [1.54, 1.807) is 24.3 Å². The largest absolute Gasteiger partial charge is 0.368 e. The third-order valence-electron chi connectivity index (χ3n) is 4.45. The SMILES string of the molecule is CN=C(NCCNc1ncnc2c1cnn2C)NCCc1cc(C)cc(C)c1. The summed E-state index contributed by atoms with van der Waals surface area (Å²) in [5.74, 6) is 1.58. The molecule has 3 aromatic rings. The van der Waals surface area contributed by atoms with Crippen molar-refractivity contribution in [3.63, 3.8) is 0 Å². The van der Waals surface area contributed by atoms with Gasteiger partial charge in [-0.15, -0.1) is 0 Å². The number of nitrogens with zero attached hydrogens (tertiary/aromatic N) is 5. The number of aryl methyl sites for hydroxylation is 3. The van der Waals surface area contributed by atoms with Crippen LogP contribution < -0.4 is 16.0 Å². The number of hydrogen-bond donors (Lipinski definition) is 3. The summed E-state index contributed by atoms with van der Waals surface area (Å²) in [5.41, 5.74) is 4.76. The molecule has 3 rings (SSSR count). The zero-order valence-electron chi connectivity index (χ0n) is 17.0. The van der Waals surface area contributed by atoms with Gasteiger partial charge in [0.1, 0.15) is 12.1 Å². The summed E-state index contributed by atoms with van der Waals surface area (Å²) in [6.07, 6.45) is 4.28. The second kappa shape index (κ2) is 9.16. The quantitative estimate of drug-likeness (QED) is 0.329. The van der Waals surface area contributed by atoms with Crippen LogP contribution in [0, 0.1) is 13.8 Å². The Hall–Kier alpha value is -3.16. The molecule has 8 heteroatoms. The van der Waals surface area contributed by atoms with Crippen LogP contribution in [0.25, 0.3) is 11.0 Å². The van der Waals surface area contributed by atoms with Crippen LogP contribution in [0.15, 0.2) is 35.7 Å². The maximum absolute atomic E-state index is 4.31. The van der Waals surface area contributed by atoms with Crippen LogP contribution >= 0.6 is 0 Å². The summed E-state index contributed by atoms with van der Waals surface area (Å²) in [7, 11) is 3.65. The highest BCUT2D eigenvalue weighted by molar-refractivity contribution is 5.86. The lowest BCUT2D eigenvalue weighted by Crippen LogP contribution is -2.40. The zero-order chi connectivity index (χ0) is 19.9. The Morgan fingerprint density at radius 3 is 2.54 bits per heavy atom. The Bertz CT molecular complexity index is 940. The van der Waals surface area contributed by atoms with Crippen molar-refractivity contribution in [1.29, 1.82) is 0 Å². The molecule has 1 aromatic carbocycles. The molecule has 0 saturated heterocycles. The summed E-state index contributed by atoms with van der Waals surface area (Å²) in [5, 5.41) is 15.1. The molecule has 2 heterocycles. The van der Waals surface area contributed by atoms with E-state index in [-0.39, 0.29) is 0 Å². The Morgan fingerprint density at radius 1 is 1.04 bits per heavy atom. The summed E-state index contributed by atoms with van der Waals surface area (Å²) in [4.78, 5) is 12.8. The van der Waals surface area contributed by atoms with Gasteiger partial charge in [0.05, 0.1) is 11.6 Å². The van der Waals surface area contributed by atoms with E-state index in [4.69, 9.17) is 0 Å². The molecular formula is C20H28N8. The van der Waals surface area contributed by atoms with Crippen LogP contribution in [0.4, 0.5) is 5.82 Å². The molecule has 0 saturated carbocycles. The summed E-state index contributed by atoms with van der Waals surface area (Å²) >= 11 is 0. The van der Waals surface area contributed by atoms with Crippen LogP contribution in [0.2, 0.25) is 0 Å². The van der Waals surface area contributed by atoms with E-state index in [1.807, 2.05) is 7.05 Å². The second-order valence-corrected chi connectivity index (χ2v) is 6.83. The summed E-state index contributed by atoms with van der Waals surface area (Å²) in [6, 6.07) is 6.66. The van der Waals surface area contributed by atoms with Gasteiger partial charge in [0.2, 0.25) is 0 Å². The van der Waals surface area contributed by atoms with Gasteiger partial charge in [0, 0.05) is 33.7 Å². The van der Waals surface area contributed by atoms with Gasteiger partial charge in [0.25, 0.3) is 0 Å². The number of guanidine groups is 1. The molecule has 0 spiro atoms. The minimum Gasteiger partial charge on any atom is -0.368 e. The molecule has 148 valence electrons. The van der Waals surface area contributed by atoms with Crippen molar-refractivity contribution in [2.45, 2.75) is 20.3 Å². The van der Waals surface area contributed by atoms with E-state index in [1.165, 1.54) is 16.7 Å². The first-order valence-corrected chi connectivity index (χ1v) is 9.45. The molecule has 8 nitrogen and oxygen atoms in total. The predicted molar refractivity (Wildman–Crippen MR) is 114 cm³/mol. The van der Waals surface area contributed by atoms with E-state index < -0.39 is 0 Å². The Morgan fingerprint density at radius 2 is 1.79 bits per heavy atom. The molecule has 3 N–H and O–H groups in total. The molecule has 0 aliphatic carbocycles. The lowest BCUT2D eigenvalue weighted by atomic mass is 10.1. The predicted octanol–water partition coefficient (Wildman–Crippen LogP) is 1.80. The first-order valence-electron chi connectivity index (χ1n) is 9.45. The third kappa shape index (κ3) is 4.97. The first-order chi connectivity index (χ1) is 13.6. The van der Waals surface area contributed by atoms with E-state index in [9.17, 15) is 0 Å². The van der Waals surface area contributed by atoms with Gasteiger partial charge in [-0.3, -0.25) is 9.67 Å². The van der Waals surface area contributed by atoms with Crippen molar-refractivity contribution in [3.8, 4) is 0 Å². The summed E-state index contributed by atoms with van der Waals surface area (Å²) in [6.45, 7) is 6.52. The monoisotopic (exact) mass is 380 g/mol. The Kier molecular flexibility index (Phi) is 6.41. The van der Waals surface area contributed by atoms with Gasteiger partial charge in [0.15, 0.2) is 11.6 Å². The maximum Gasteiger partial charge on any atom is 0.191 e. The number of nitrogens with one attached hydrogen (secondary N) is 3. The molecule has 0 radical (unpaired) electrons. The number of fused-ring (bicyclic) bond motifs is 1. The number of hydrogen-bond acceptors (Lipinski definition) is 5. The number of aromatic nitrogens is 4. The van der Waals surface area contributed by atoms with Crippen molar-refractivity contribution in [1.82, 2.24) is 30.4 Å². The number of rotatable bonds is 7. The van der Waals surface area contributed by atoms with E-state index in [2.05, 4.69) is 68.1 Å². The minimum absolute atomic E-state index is 0.707. The van der Waals surface area contributed by atoms with Gasteiger partial charge >= 0.3 is 0 Å². The van der Waals surface area contributed by atoms with Crippen LogP contribution in [0.5, 0.6) is 0 Å². The van der Waals surface area contributed by atoms with Gasteiger partial charge in [-0.05, 0) is 25.8 Å². The highest BCUT2D eigenvalue weighted by atomic mass is 15.3. The van der Waals surface area contributed by atoms with E-state index in [0.717, 1.165) is 42.3 Å². The normalized spacial score (nSPS) is 11.6. The lowest BCUT2D eigenvalue weighted by molar-refractivity contribution is 0.785. The van der Waals surface area contributed by atoms with Crippen molar-refractivity contribution in [2.75, 3.05) is 32.0 Å². The first kappa shape index (κ1) is 19.6. The fourth-order valence-corrected chi connectivity index (χ4v) is 3.22. The van der Waals surface area contributed by atoms with Crippen molar-refractivity contribution in [3.05, 3.63) is 47.4 Å². The van der Waals surface area contributed by atoms with Crippen molar-refractivity contribution >= 4 is 22.8 Å². The second-order valence-electron chi connectivity index (χ2n) is 6.83. The fourth-order valence-electron chi connectivity index (χ4n) is 3.22. The molecule has 0 unspecified atom stereocenters. The smallest absolute Gasteiger partial charge is 0.191 e. The average molecular weight is 381 g/mol. The zero-order valence-corrected chi connectivity index (χ0v) is 17.0. The van der Waals surface area contributed by atoms with Crippen molar-refractivity contribution < 1.29 is 0 Å². The number of anilines is 1. The molecule has 28 heavy (non-hydrogen) atoms. The Balaban J connectivity index is 1.43. The van der Waals surface area contributed by atoms with E-state index in [0.29, 0.717) is 6.54 Å². The highest BCUT2D eigenvalue weighted by Gasteiger charge is 2.07. The van der Waals surface area contributed by atoms with Crippen LogP contribution in [0.1, 0.15) is 16.7 Å². The molecule has 0 atom stereocenters. The van der Waals surface area contributed by atoms with Gasteiger partial charge in [-0.1, -0.05) is 29.3 Å². The molecule has 0 aliphatic heterocycles. The van der Waals surface area contributed by atoms with Crippen LogP contribution in [-0.4, -0.2) is 52.4 Å². The fraction of sp³-hybridized carbons (Fsp3) is 0.400. The van der Waals surface area contributed by atoms with Gasteiger partial charge < -0.3 is 16.0 Å². The topological polar surface area (TPSA) is 92.1 Å². The highest BCUT2D eigenvalue weighted by Crippen LogP contribution is 2.17. The third-order valence-corrected chi connectivity index (χ3v) is 4.45. The molecule has 0 bridgehead atoms. The minimum atomic E-state index is 0.707. The molecule has 0 fully saturated rings. The van der Waals surface area contributed by atoms with Gasteiger partial charge in [-0.25, -0.2) is 9.97 Å². The maximum atomic E-state index is 4.31.